The standard InChI is InChI=1S/C17H18ClN3O3/c1-2-9-21(17(24)12-7-8-19-15(22)10-12)11-16(23)20-14-5-3-13(18)4-6-14/h3-8,10H,2,9,11H2,1H3,(H,19,22)(H,20,23). The molecule has 0 aliphatic carbocycles. The molecule has 0 aliphatic heterocycles. The summed E-state index contributed by atoms with van der Waals surface area (Å²) in [7, 11) is 0. The fourth-order valence-electron chi connectivity index (χ4n) is 2.19. The molecule has 0 saturated carbocycles. The van der Waals surface area contributed by atoms with Crippen LogP contribution in [0.15, 0.2) is 47.4 Å². The van der Waals surface area contributed by atoms with Crippen LogP contribution < -0.4 is 10.9 Å². The third-order valence-corrected chi connectivity index (χ3v) is 3.52. The SMILES string of the molecule is CCCN(CC(=O)Nc1ccc(Cl)cc1)C(=O)c1cc[nH]c(=O)c1. The molecule has 0 bridgehead atoms. The summed E-state index contributed by atoms with van der Waals surface area (Å²) < 4.78 is 0. The van der Waals surface area contributed by atoms with Crippen LogP contribution in [0.2, 0.25) is 5.02 Å². The maximum absolute atomic E-state index is 12.5. The monoisotopic (exact) mass is 347 g/mol. The zero-order chi connectivity index (χ0) is 17.5. The molecule has 7 heteroatoms. The van der Waals surface area contributed by atoms with Crippen LogP contribution in [0.4, 0.5) is 5.69 Å². The van der Waals surface area contributed by atoms with Crippen molar-refractivity contribution in [3.63, 3.8) is 0 Å². The average Bonchev–Trinajstić information content (AvgIpc) is 2.56. The maximum atomic E-state index is 12.5. The minimum absolute atomic E-state index is 0.0951. The molecule has 0 atom stereocenters. The lowest BCUT2D eigenvalue weighted by atomic mass is 10.2. The summed E-state index contributed by atoms with van der Waals surface area (Å²) in [5, 5.41) is 3.29. The predicted molar refractivity (Wildman–Crippen MR) is 93.3 cm³/mol. The molecule has 2 aromatic rings. The van der Waals surface area contributed by atoms with Crippen LogP contribution in [-0.2, 0) is 4.79 Å². The van der Waals surface area contributed by atoms with Crippen LogP contribution in [0.3, 0.4) is 0 Å². The first kappa shape index (κ1) is 17.7. The minimum Gasteiger partial charge on any atom is -0.329 e. The number of aromatic nitrogens is 1. The Morgan fingerprint density at radius 3 is 2.54 bits per heavy atom. The number of nitrogens with zero attached hydrogens (tertiary/aromatic N) is 1. The van der Waals surface area contributed by atoms with Crippen molar-refractivity contribution in [1.29, 1.82) is 0 Å². The Labute approximate surface area is 144 Å². The lowest BCUT2D eigenvalue weighted by Gasteiger charge is -2.21. The van der Waals surface area contributed by atoms with E-state index in [4.69, 9.17) is 11.6 Å². The van der Waals surface area contributed by atoms with E-state index in [-0.39, 0.29) is 29.5 Å². The Morgan fingerprint density at radius 1 is 1.21 bits per heavy atom. The quantitative estimate of drug-likeness (QED) is 0.842. The Hall–Kier alpha value is -2.60. The highest BCUT2D eigenvalue weighted by Gasteiger charge is 2.18. The molecule has 0 saturated heterocycles. The third kappa shape index (κ3) is 4.96. The molecule has 2 N–H and O–H groups in total. The van der Waals surface area contributed by atoms with Crippen molar-refractivity contribution in [3.8, 4) is 0 Å². The summed E-state index contributed by atoms with van der Waals surface area (Å²) in [5.74, 6) is -0.668. The summed E-state index contributed by atoms with van der Waals surface area (Å²) in [6, 6.07) is 9.45. The van der Waals surface area contributed by atoms with Gasteiger partial charge in [-0.3, -0.25) is 14.4 Å². The maximum Gasteiger partial charge on any atom is 0.254 e. The first-order valence-electron chi connectivity index (χ1n) is 7.53. The van der Waals surface area contributed by atoms with Crippen molar-refractivity contribution < 1.29 is 9.59 Å². The van der Waals surface area contributed by atoms with Crippen molar-refractivity contribution in [2.24, 2.45) is 0 Å². The van der Waals surface area contributed by atoms with Crippen LogP contribution in [0.5, 0.6) is 0 Å². The number of carbonyl (C=O) groups is 2. The van der Waals surface area contributed by atoms with Gasteiger partial charge in [-0.25, -0.2) is 0 Å². The normalized spacial score (nSPS) is 10.2. The van der Waals surface area contributed by atoms with Gasteiger partial charge in [-0.15, -0.1) is 0 Å². The molecule has 0 fully saturated rings. The van der Waals surface area contributed by atoms with E-state index in [1.54, 1.807) is 24.3 Å². The highest BCUT2D eigenvalue weighted by Crippen LogP contribution is 2.13. The second kappa shape index (κ2) is 8.31. The number of nitrogens with one attached hydrogen (secondary N) is 2. The Bertz CT molecular complexity index is 771. The molecular weight excluding hydrogens is 330 g/mol. The largest absolute Gasteiger partial charge is 0.329 e. The van der Waals surface area contributed by atoms with Crippen LogP contribution in [0.1, 0.15) is 23.7 Å². The van der Waals surface area contributed by atoms with E-state index >= 15 is 0 Å². The number of amides is 2. The Morgan fingerprint density at radius 2 is 1.92 bits per heavy atom. The van der Waals surface area contributed by atoms with E-state index in [0.29, 0.717) is 23.7 Å². The summed E-state index contributed by atoms with van der Waals surface area (Å²) in [6.45, 7) is 2.23. The van der Waals surface area contributed by atoms with Gasteiger partial charge in [0.05, 0.1) is 0 Å². The van der Waals surface area contributed by atoms with Gasteiger partial charge in [-0.2, -0.15) is 0 Å². The number of rotatable bonds is 6. The molecule has 1 aromatic carbocycles. The van der Waals surface area contributed by atoms with Gasteiger partial charge in [-0.05, 0) is 36.8 Å². The zero-order valence-electron chi connectivity index (χ0n) is 13.2. The average molecular weight is 348 g/mol. The molecular formula is C17H18ClN3O3. The summed E-state index contributed by atoms with van der Waals surface area (Å²) in [5.41, 5.74) is 0.499. The highest BCUT2D eigenvalue weighted by atomic mass is 35.5. The molecule has 0 spiro atoms. The first-order chi connectivity index (χ1) is 11.5. The lowest BCUT2D eigenvalue weighted by molar-refractivity contribution is -0.116. The van der Waals surface area contributed by atoms with Gasteiger partial charge in [0.25, 0.3) is 5.91 Å². The molecule has 0 unspecified atom stereocenters. The summed E-state index contributed by atoms with van der Waals surface area (Å²) in [4.78, 5) is 39.9. The predicted octanol–water partition coefficient (Wildman–Crippen LogP) is 2.52. The molecule has 24 heavy (non-hydrogen) atoms. The Balaban J connectivity index is 2.07. The van der Waals surface area contributed by atoms with Crippen LogP contribution in [-0.4, -0.2) is 34.8 Å². The van der Waals surface area contributed by atoms with Crippen LogP contribution in [0, 0.1) is 0 Å². The number of carbonyl (C=O) groups excluding carboxylic acids is 2. The molecule has 2 rings (SSSR count). The number of hydrogen-bond donors (Lipinski definition) is 2. The van der Waals surface area contributed by atoms with Crippen molar-refractivity contribution in [2.75, 3.05) is 18.4 Å². The van der Waals surface area contributed by atoms with Crippen molar-refractivity contribution in [1.82, 2.24) is 9.88 Å². The molecule has 6 nitrogen and oxygen atoms in total. The third-order valence-electron chi connectivity index (χ3n) is 3.27. The van der Waals surface area contributed by atoms with Crippen molar-refractivity contribution in [2.45, 2.75) is 13.3 Å². The van der Waals surface area contributed by atoms with Crippen molar-refractivity contribution >= 4 is 29.1 Å². The molecule has 126 valence electrons. The topological polar surface area (TPSA) is 82.3 Å². The van der Waals surface area contributed by atoms with Crippen LogP contribution >= 0.6 is 11.6 Å². The van der Waals surface area contributed by atoms with Gasteiger partial charge >= 0.3 is 0 Å². The van der Waals surface area contributed by atoms with Gasteiger partial charge in [-0.1, -0.05) is 18.5 Å². The molecule has 0 radical (unpaired) electrons. The smallest absolute Gasteiger partial charge is 0.254 e. The van der Waals surface area contributed by atoms with E-state index in [1.165, 1.54) is 23.2 Å². The molecule has 1 heterocycles. The number of H-pyrrole nitrogens is 1. The van der Waals surface area contributed by atoms with E-state index in [9.17, 15) is 14.4 Å². The lowest BCUT2D eigenvalue weighted by Crippen LogP contribution is -2.38. The Kier molecular flexibility index (Phi) is 6.14. The fraction of sp³-hybridized carbons (Fsp3) is 0.235. The number of halogens is 1. The molecule has 1 aromatic heterocycles. The summed E-state index contributed by atoms with van der Waals surface area (Å²) in [6.07, 6.45) is 2.11. The first-order valence-corrected chi connectivity index (χ1v) is 7.91. The number of benzene rings is 1. The zero-order valence-corrected chi connectivity index (χ0v) is 14.0. The van der Waals surface area contributed by atoms with Gasteiger partial charge in [0.2, 0.25) is 11.5 Å². The minimum atomic E-state index is -0.358. The highest BCUT2D eigenvalue weighted by molar-refractivity contribution is 6.30. The fourth-order valence-corrected chi connectivity index (χ4v) is 2.32. The number of aromatic amines is 1. The van der Waals surface area contributed by atoms with E-state index in [0.717, 1.165) is 0 Å². The van der Waals surface area contributed by atoms with Crippen molar-refractivity contribution in [3.05, 3.63) is 63.5 Å². The number of hydrogen-bond acceptors (Lipinski definition) is 3. The summed E-state index contributed by atoms with van der Waals surface area (Å²) >= 11 is 5.80. The van der Waals surface area contributed by atoms with Gasteiger partial charge in [0.15, 0.2) is 0 Å². The van der Waals surface area contributed by atoms with Crippen LogP contribution in [0.25, 0.3) is 0 Å². The van der Waals surface area contributed by atoms with E-state index in [1.807, 2.05) is 6.92 Å². The molecule has 0 aliphatic rings. The van der Waals surface area contributed by atoms with Gasteiger partial charge in [0, 0.05) is 35.1 Å². The second-order valence-electron chi connectivity index (χ2n) is 5.22. The van der Waals surface area contributed by atoms with E-state index in [2.05, 4.69) is 10.3 Å². The van der Waals surface area contributed by atoms with E-state index < -0.39 is 0 Å². The van der Waals surface area contributed by atoms with Gasteiger partial charge in [0.1, 0.15) is 6.54 Å². The second-order valence-corrected chi connectivity index (χ2v) is 5.66. The molecule has 2 amide bonds. The van der Waals surface area contributed by atoms with Gasteiger partial charge < -0.3 is 15.2 Å². The number of pyridine rings is 1. The number of anilines is 1.